The molecule has 0 spiro atoms. The van der Waals surface area contributed by atoms with Gasteiger partial charge in [-0.15, -0.1) is 0 Å². The first-order valence-corrected chi connectivity index (χ1v) is 7.40. The molecule has 0 saturated heterocycles. The van der Waals surface area contributed by atoms with Crippen molar-refractivity contribution in [3.63, 3.8) is 0 Å². The number of rotatable bonds is 6. The number of aliphatic hydroxyl groups excluding tert-OH is 1. The number of unbranched alkanes of at least 4 members (excludes halogenated alkanes) is 1. The quantitative estimate of drug-likeness (QED) is 0.877. The molecule has 1 amide bonds. The highest BCUT2D eigenvalue weighted by atomic mass is 16.5. The molecular weight excluding hydrogens is 282 g/mol. The lowest BCUT2D eigenvalue weighted by molar-refractivity contribution is -0.129. The number of benzene rings is 1. The molecule has 2 rings (SSSR count). The predicted molar refractivity (Wildman–Crippen MR) is 82.7 cm³/mol. The van der Waals surface area contributed by atoms with E-state index in [2.05, 4.69) is 0 Å². The van der Waals surface area contributed by atoms with Crippen molar-refractivity contribution in [2.24, 2.45) is 0 Å². The fourth-order valence-corrected chi connectivity index (χ4v) is 2.71. The summed E-state index contributed by atoms with van der Waals surface area (Å²) in [7, 11) is 1.58. The molecule has 0 aromatic heterocycles. The van der Waals surface area contributed by atoms with Crippen LogP contribution in [0.4, 0.5) is 0 Å². The van der Waals surface area contributed by atoms with Gasteiger partial charge in [-0.25, -0.2) is 0 Å². The minimum absolute atomic E-state index is 0.172. The van der Waals surface area contributed by atoms with Gasteiger partial charge in [0.1, 0.15) is 5.75 Å². The number of aliphatic hydroxyl groups is 1. The molecule has 0 saturated carbocycles. The highest BCUT2D eigenvalue weighted by Crippen LogP contribution is 2.38. The Labute approximate surface area is 130 Å². The molecule has 1 aromatic rings. The summed E-state index contributed by atoms with van der Waals surface area (Å²) in [5.74, 6) is -0.486. The van der Waals surface area contributed by atoms with E-state index in [1.165, 1.54) is 6.92 Å². The zero-order chi connectivity index (χ0) is 16.3. The standard InChI is InChI=1S/C17H21NO4/c1-4-5-10-18-15(12-6-8-13(22-3)9-7-12)14(11(2)19)16(20)17(18)21/h6-9,15,20H,4-5,10H2,1-3H3/t15-/m0/s1. The highest BCUT2D eigenvalue weighted by Gasteiger charge is 2.41. The third-order valence-corrected chi connectivity index (χ3v) is 3.87. The molecule has 22 heavy (non-hydrogen) atoms. The molecule has 1 aromatic carbocycles. The molecule has 0 radical (unpaired) electrons. The summed E-state index contributed by atoms with van der Waals surface area (Å²) in [5.41, 5.74) is 0.964. The molecule has 1 aliphatic rings. The minimum Gasteiger partial charge on any atom is -0.503 e. The van der Waals surface area contributed by atoms with Crippen LogP contribution < -0.4 is 4.74 Å². The molecule has 118 valence electrons. The Kier molecular flexibility index (Phi) is 4.85. The van der Waals surface area contributed by atoms with E-state index in [1.807, 2.05) is 19.1 Å². The van der Waals surface area contributed by atoms with Crippen LogP contribution in [0.1, 0.15) is 38.3 Å². The van der Waals surface area contributed by atoms with E-state index in [4.69, 9.17) is 4.74 Å². The average Bonchev–Trinajstić information content (AvgIpc) is 2.77. The summed E-state index contributed by atoms with van der Waals surface area (Å²) in [4.78, 5) is 25.7. The van der Waals surface area contributed by atoms with Crippen molar-refractivity contribution in [1.29, 1.82) is 0 Å². The Morgan fingerprint density at radius 1 is 1.32 bits per heavy atom. The van der Waals surface area contributed by atoms with Gasteiger partial charge < -0.3 is 14.7 Å². The number of carbonyl (C=O) groups is 2. The zero-order valence-electron chi connectivity index (χ0n) is 13.1. The monoisotopic (exact) mass is 303 g/mol. The fraction of sp³-hybridized carbons (Fsp3) is 0.412. The maximum absolute atomic E-state index is 12.3. The van der Waals surface area contributed by atoms with Gasteiger partial charge in [-0.3, -0.25) is 9.59 Å². The second-order valence-electron chi connectivity index (χ2n) is 5.35. The summed E-state index contributed by atoms with van der Waals surface area (Å²) >= 11 is 0. The smallest absolute Gasteiger partial charge is 0.290 e. The van der Waals surface area contributed by atoms with E-state index in [0.29, 0.717) is 12.3 Å². The predicted octanol–water partition coefficient (Wildman–Crippen LogP) is 2.78. The van der Waals surface area contributed by atoms with E-state index in [9.17, 15) is 14.7 Å². The Morgan fingerprint density at radius 3 is 2.45 bits per heavy atom. The normalized spacial score (nSPS) is 18.0. The topological polar surface area (TPSA) is 66.8 Å². The van der Waals surface area contributed by atoms with Crippen LogP contribution in [0.3, 0.4) is 0 Å². The summed E-state index contributed by atoms with van der Waals surface area (Å²) in [6, 6.07) is 6.67. The molecule has 1 atom stereocenters. The van der Waals surface area contributed by atoms with Crippen LogP contribution in [0.25, 0.3) is 0 Å². The lowest BCUT2D eigenvalue weighted by Crippen LogP contribution is -2.31. The number of ketones is 1. The Hall–Kier alpha value is -2.30. The fourth-order valence-electron chi connectivity index (χ4n) is 2.71. The summed E-state index contributed by atoms with van der Waals surface area (Å²) < 4.78 is 5.13. The number of methoxy groups -OCH3 is 1. The number of Topliss-reactive ketones (excluding diaryl/α,β-unsaturated/α-hetero) is 1. The van der Waals surface area contributed by atoms with Gasteiger partial charge in [-0.05, 0) is 31.0 Å². The van der Waals surface area contributed by atoms with Gasteiger partial charge >= 0.3 is 0 Å². The van der Waals surface area contributed by atoms with Crippen molar-refractivity contribution in [2.75, 3.05) is 13.7 Å². The van der Waals surface area contributed by atoms with E-state index in [1.54, 1.807) is 24.1 Å². The van der Waals surface area contributed by atoms with Crippen molar-refractivity contribution in [3.8, 4) is 5.75 Å². The van der Waals surface area contributed by atoms with Crippen molar-refractivity contribution < 1.29 is 19.4 Å². The van der Waals surface area contributed by atoms with E-state index in [-0.39, 0.29) is 11.4 Å². The number of ether oxygens (including phenoxy) is 1. The first-order chi connectivity index (χ1) is 10.5. The minimum atomic E-state index is -0.526. The maximum Gasteiger partial charge on any atom is 0.290 e. The molecule has 1 N–H and O–H groups in total. The van der Waals surface area contributed by atoms with Gasteiger partial charge in [0, 0.05) is 6.54 Å². The van der Waals surface area contributed by atoms with Crippen LogP contribution in [0.15, 0.2) is 35.6 Å². The second kappa shape index (κ2) is 6.64. The third-order valence-electron chi connectivity index (χ3n) is 3.87. The molecule has 1 heterocycles. The molecule has 0 aliphatic carbocycles. The molecule has 1 aliphatic heterocycles. The van der Waals surface area contributed by atoms with Gasteiger partial charge in [-0.1, -0.05) is 25.5 Å². The summed E-state index contributed by atoms with van der Waals surface area (Å²) in [5, 5.41) is 10.1. The number of hydrogen-bond acceptors (Lipinski definition) is 4. The number of nitrogens with zero attached hydrogens (tertiary/aromatic N) is 1. The van der Waals surface area contributed by atoms with Crippen LogP contribution in [0, 0.1) is 0 Å². The maximum atomic E-state index is 12.3. The lowest BCUT2D eigenvalue weighted by atomic mass is 9.96. The molecule has 5 heteroatoms. The van der Waals surface area contributed by atoms with Crippen LogP contribution in [0.2, 0.25) is 0 Å². The Morgan fingerprint density at radius 2 is 1.95 bits per heavy atom. The van der Waals surface area contributed by atoms with Crippen LogP contribution in [-0.4, -0.2) is 35.4 Å². The zero-order valence-corrected chi connectivity index (χ0v) is 13.1. The van der Waals surface area contributed by atoms with E-state index < -0.39 is 17.7 Å². The molecule has 0 bridgehead atoms. The molecule has 0 fully saturated rings. The van der Waals surface area contributed by atoms with Gasteiger partial charge in [0.15, 0.2) is 11.5 Å². The van der Waals surface area contributed by atoms with Crippen LogP contribution >= 0.6 is 0 Å². The lowest BCUT2D eigenvalue weighted by Gasteiger charge is -2.26. The van der Waals surface area contributed by atoms with Gasteiger partial charge in [0.2, 0.25) is 0 Å². The van der Waals surface area contributed by atoms with E-state index >= 15 is 0 Å². The van der Waals surface area contributed by atoms with Crippen LogP contribution in [-0.2, 0) is 9.59 Å². The Balaban J connectivity index is 2.43. The summed E-state index contributed by atoms with van der Waals surface area (Å²) in [6.45, 7) is 3.91. The molecular formula is C17H21NO4. The van der Waals surface area contributed by atoms with Gasteiger partial charge in [0.05, 0.1) is 18.7 Å². The van der Waals surface area contributed by atoms with Crippen molar-refractivity contribution in [1.82, 2.24) is 4.90 Å². The summed E-state index contributed by atoms with van der Waals surface area (Å²) in [6.07, 6.45) is 1.74. The van der Waals surface area contributed by atoms with Crippen molar-refractivity contribution in [3.05, 3.63) is 41.2 Å². The molecule has 0 unspecified atom stereocenters. The van der Waals surface area contributed by atoms with E-state index in [0.717, 1.165) is 18.4 Å². The highest BCUT2D eigenvalue weighted by molar-refractivity contribution is 6.08. The van der Waals surface area contributed by atoms with Crippen LogP contribution in [0.5, 0.6) is 5.75 Å². The van der Waals surface area contributed by atoms with Crippen molar-refractivity contribution >= 4 is 11.7 Å². The van der Waals surface area contributed by atoms with Gasteiger partial charge in [-0.2, -0.15) is 0 Å². The average molecular weight is 303 g/mol. The third kappa shape index (κ3) is 2.84. The number of hydrogen-bond donors (Lipinski definition) is 1. The number of amides is 1. The van der Waals surface area contributed by atoms with Gasteiger partial charge in [0.25, 0.3) is 5.91 Å². The second-order valence-corrected chi connectivity index (χ2v) is 5.35. The van der Waals surface area contributed by atoms with Crippen molar-refractivity contribution in [2.45, 2.75) is 32.7 Å². The SMILES string of the molecule is CCCCN1C(=O)C(O)=C(C(C)=O)[C@@H]1c1ccc(OC)cc1. The molecule has 5 nitrogen and oxygen atoms in total. The first-order valence-electron chi connectivity index (χ1n) is 7.40. The largest absolute Gasteiger partial charge is 0.503 e. The number of carbonyl (C=O) groups excluding carboxylic acids is 2. The Bertz CT molecular complexity index is 604. The first kappa shape index (κ1) is 16.1.